The Hall–Kier alpha value is -2.74. The van der Waals surface area contributed by atoms with Crippen molar-refractivity contribution in [2.75, 3.05) is 13.1 Å². The third kappa shape index (κ3) is 4.76. The SMILES string of the molecule is O=C(O)CCCCN1CC[C@]2(S(=O)(=O)c3ccc(F)cc3)c3ccc(C(F)(C(F)(F)F)C(F)(F)F)cc3CC[C@H]12. The summed E-state index contributed by atoms with van der Waals surface area (Å²) in [5.41, 5.74) is -7.54. The number of fused-ring (bicyclic) bond motifs is 3. The molecule has 220 valence electrons. The van der Waals surface area contributed by atoms with Crippen molar-refractivity contribution in [3.05, 3.63) is 65.0 Å². The van der Waals surface area contributed by atoms with Crippen LogP contribution in [0.2, 0.25) is 0 Å². The van der Waals surface area contributed by atoms with Crippen LogP contribution < -0.4 is 0 Å². The number of carbonyl (C=O) groups is 1. The number of rotatable bonds is 8. The third-order valence-electron chi connectivity index (χ3n) is 7.87. The average molecular weight is 600 g/mol. The van der Waals surface area contributed by atoms with Crippen molar-refractivity contribution in [3.63, 3.8) is 0 Å². The minimum atomic E-state index is -6.32. The number of sulfone groups is 1. The van der Waals surface area contributed by atoms with Gasteiger partial charge in [0, 0.05) is 24.6 Å². The number of carboxylic acid groups (broad SMARTS) is 1. The molecule has 4 rings (SSSR count). The van der Waals surface area contributed by atoms with E-state index in [1.807, 2.05) is 4.90 Å². The van der Waals surface area contributed by atoms with Crippen molar-refractivity contribution in [1.29, 1.82) is 0 Å². The molecule has 2 aromatic rings. The second kappa shape index (κ2) is 10.3. The van der Waals surface area contributed by atoms with E-state index in [0.717, 1.165) is 30.3 Å². The zero-order valence-corrected chi connectivity index (χ0v) is 21.6. The number of hydrogen-bond acceptors (Lipinski definition) is 4. The molecule has 5 nitrogen and oxygen atoms in total. The first-order valence-electron chi connectivity index (χ1n) is 12.4. The van der Waals surface area contributed by atoms with Crippen LogP contribution in [0.15, 0.2) is 47.4 Å². The van der Waals surface area contributed by atoms with Gasteiger partial charge in [-0.15, -0.1) is 0 Å². The van der Waals surface area contributed by atoms with Gasteiger partial charge in [0.05, 0.1) is 4.90 Å². The summed E-state index contributed by atoms with van der Waals surface area (Å²) >= 11 is 0. The molecule has 2 atom stereocenters. The highest BCUT2D eigenvalue weighted by Gasteiger charge is 2.73. The van der Waals surface area contributed by atoms with Gasteiger partial charge in [0.15, 0.2) is 9.84 Å². The zero-order valence-electron chi connectivity index (χ0n) is 20.8. The topological polar surface area (TPSA) is 74.7 Å². The Bertz CT molecular complexity index is 1360. The lowest BCUT2D eigenvalue weighted by atomic mass is 9.76. The lowest BCUT2D eigenvalue weighted by Gasteiger charge is -2.43. The minimum Gasteiger partial charge on any atom is -0.481 e. The van der Waals surface area contributed by atoms with E-state index >= 15 is 0 Å². The number of aliphatic carboxylic acids is 1. The highest BCUT2D eigenvalue weighted by atomic mass is 32.2. The van der Waals surface area contributed by atoms with E-state index < -0.39 is 56.0 Å². The summed E-state index contributed by atoms with van der Waals surface area (Å²) in [6, 6.07) is 4.78. The molecule has 2 aromatic carbocycles. The number of carboxylic acids is 1. The maximum atomic E-state index is 14.8. The molecule has 1 fully saturated rings. The van der Waals surface area contributed by atoms with Crippen LogP contribution >= 0.6 is 0 Å². The molecule has 0 aromatic heterocycles. The summed E-state index contributed by atoms with van der Waals surface area (Å²) < 4.78 is 136. The molecular weight excluding hydrogens is 574 g/mol. The minimum absolute atomic E-state index is 0.0210. The highest BCUT2D eigenvalue weighted by molar-refractivity contribution is 7.92. The van der Waals surface area contributed by atoms with Crippen molar-refractivity contribution in [2.24, 2.45) is 0 Å². The van der Waals surface area contributed by atoms with E-state index in [1.54, 1.807) is 0 Å². The first-order valence-corrected chi connectivity index (χ1v) is 13.9. The number of aryl methyl sites for hydroxylation is 1. The number of alkyl halides is 7. The Morgan fingerprint density at radius 2 is 1.60 bits per heavy atom. The summed E-state index contributed by atoms with van der Waals surface area (Å²) in [6.45, 7) is 0.499. The predicted octanol–water partition coefficient (Wildman–Crippen LogP) is 6.06. The van der Waals surface area contributed by atoms with E-state index in [0.29, 0.717) is 31.5 Å². The van der Waals surface area contributed by atoms with Crippen LogP contribution in [0.4, 0.5) is 35.1 Å². The van der Waals surface area contributed by atoms with Gasteiger partial charge < -0.3 is 5.11 Å². The van der Waals surface area contributed by atoms with Gasteiger partial charge in [0.1, 0.15) is 10.6 Å². The van der Waals surface area contributed by atoms with Gasteiger partial charge in [-0.2, -0.15) is 26.3 Å². The number of benzene rings is 2. The predicted molar refractivity (Wildman–Crippen MR) is 126 cm³/mol. The van der Waals surface area contributed by atoms with Gasteiger partial charge in [0.2, 0.25) is 0 Å². The molecule has 0 bridgehead atoms. The van der Waals surface area contributed by atoms with Gasteiger partial charge in [-0.3, -0.25) is 9.69 Å². The molecule has 1 saturated heterocycles. The smallest absolute Gasteiger partial charge is 0.435 e. The molecule has 14 heteroatoms. The van der Waals surface area contributed by atoms with E-state index in [1.165, 1.54) is 0 Å². The fraction of sp³-hybridized carbons (Fsp3) is 0.500. The normalized spacial score (nSPS) is 22.1. The van der Waals surface area contributed by atoms with E-state index in [-0.39, 0.29) is 48.3 Å². The number of nitrogens with zero attached hydrogens (tertiary/aromatic N) is 1. The standard InChI is InChI=1S/C26H25F8NO4S/c27-18-6-8-19(9-7-18)40(38,39)23-12-14-35(13-2-1-3-22(36)37)21(23)11-4-16-15-17(5-10-20(16)23)24(28,25(29,30)31)26(32,33)34/h5-10,15,21H,1-4,11-14H2,(H,36,37)/t21-,23-/m0/s1. The summed E-state index contributed by atoms with van der Waals surface area (Å²) in [4.78, 5) is 12.4. The number of halogens is 8. The Balaban J connectivity index is 1.85. The Morgan fingerprint density at radius 1 is 0.975 bits per heavy atom. The lowest BCUT2D eigenvalue weighted by Crippen LogP contribution is -2.52. The third-order valence-corrected chi connectivity index (χ3v) is 10.4. The van der Waals surface area contributed by atoms with Crippen LogP contribution in [0, 0.1) is 5.82 Å². The molecule has 1 N–H and O–H groups in total. The Kier molecular flexibility index (Phi) is 7.76. The number of unbranched alkanes of at least 4 members (excludes halogenated alkanes) is 1. The molecule has 0 spiro atoms. The van der Waals surface area contributed by atoms with Crippen LogP contribution in [0.3, 0.4) is 0 Å². The summed E-state index contributed by atoms with van der Waals surface area (Å²) in [6.07, 6.45) is -12.2. The summed E-state index contributed by atoms with van der Waals surface area (Å²) in [5, 5.41) is 8.89. The van der Waals surface area contributed by atoms with Gasteiger partial charge in [-0.05, 0) is 74.0 Å². The second-order valence-corrected chi connectivity index (χ2v) is 12.3. The van der Waals surface area contributed by atoms with Crippen molar-refractivity contribution in [2.45, 2.75) is 72.2 Å². The maximum Gasteiger partial charge on any atom is 0.435 e. The van der Waals surface area contributed by atoms with E-state index in [2.05, 4.69) is 0 Å². The molecule has 1 heterocycles. The molecule has 1 aliphatic heterocycles. The average Bonchev–Trinajstić information content (AvgIpc) is 3.25. The molecule has 0 unspecified atom stereocenters. The lowest BCUT2D eigenvalue weighted by molar-refractivity contribution is -0.348. The Labute approximate surface area is 224 Å². The van der Waals surface area contributed by atoms with Crippen LogP contribution in [0.25, 0.3) is 0 Å². The monoisotopic (exact) mass is 599 g/mol. The van der Waals surface area contributed by atoms with Crippen molar-refractivity contribution >= 4 is 15.8 Å². The van der Waals surface area contributed by atoms with Crippen molar-refractivity contribution in [1.82, 2.24) is 4.90 Å². The second-order valence-electron chi connectivity index (χ2n) is 10.1. The summed E-state index contributed by atoms with van der Waals surface area (Å²) in [5.74, 6) is -1.72. The highest BCUT2D eigenvalue weighted by Crippen LogP contribution is 2.56. The van der Waals surface area contributed by atoms with Crippen LogP contribution in [-0.4, -0.2) is 55.9 Å². The Morgan fingerprint density at radius 3 is 2.17 bits per heavy atom. The molecule has 0 amide bonds. The van der Waals surface area contributed by atoms with Crippen LogP contribution in [-0.2, 0) is 31.5 Å². The molecule has 40 heavy (non-hydrogen) atoms. The fourth-order valence-corrected chi connectivity index (χ4v) is 8.39. The number of hydrogen-bond donors (Lipinski definition) is 1. The van der Waals surface area contributed by atoms with E-state index in [9.17, 15) is 48.3 Å². The van der Waals surface area contributed by atoms with Gasteiger partial charge in [-0.1, -0.05) is 18.2 Å². The first kappa shape index (κ1) is 30.2. The van der Waals surface area contributed by atoms with Gasteiger partial charge in [0.25, 0.3) is 0 Å². The van der Waals surface area contributed by atoms with Crippen LogP contribution in [0.5, 0.6) is 0 Å². The van der Waals surface area contributed by atoms with E-state index in [4.69, 9.17) is 5.11 Å². The molecule has 0 radical (unpaired) electrons. The van der Waals surface area contributed by atoms with Gasteiger partial charge >= 0.3 is 24.0 Å². The summed E-state index contributed by atoms with van der Waals surface area (Å²) in [7, 11) is -4.41. The van der Waals surface area contributed by atoms with Gasteiger partial charge in [-0.25, -0.2) is 17.2 Å². The zero-order chi connectivity index (χ0) is 29.7. The molecule has 2 aliphatic rings. The quantitative estimate of drug-likeness (QED) is 0.227. The van der Waals surface area contributed by atoms with Crippen molar-refractivity contribution in [3.8, 4) is 0 Å². The van der Waals surface area contributed by atoms with Crippen LogP contribution in [0.1, 0.15) is 48.8 Å². The maximum absolute atomic E-state index is 14.8. The number of likely N-dealkylation sites (tertiary alicyclic amines) is 1. The fourth-order valence-electron chi connectivity index (χ4n) is 6.01. The molecule has 1 aliphatic carbocycles. The molecular formula is C26H25F8NO4S. The molecule has 0 saturated carbocycles. The largest absolute Gasteiger partial charge is 0.481 e. The van der Waals surface area contributed by atoms with Crippen molar-refractivity contribution < 1.29 is 53.4 Å². The first-order chi connectivity index (χ1) is 18.5.